The molecule has 0 saturated heterocycles. The fraction of sp³-hybridized carbons (Fsp3) is 0. The molecule has 0 spiro atoms. The van der Waals surface area contributed by atoms with Crippen LogP contribution >= 0.6 is 12.4 Å². The molecule has 0 aliphatic heterocycles. The van der Waals surface area contributed by atoms with Crippen molar-refractivity contribution in [2.45, 2.75) is 0 Å². The van der Waals surface area contributed by atoms with E-state index < -0.39 is 0 Å². The van der Waals surface area contributed by atoms with Crippen LogP contribution in [-0.4, -0.2) is 34.9 Å². The molecular formula is H11ClF4SiSn. The van der Waals surface area contributed by atoms with E-state index in [0.717, 1.165) is 0 Å². The normalized spacial score (nSPS) is 0. The van der Waals surface area contributed by atoms with Crippen LogP contribution < -0.4 is 0 Å². The minimum absolute atomic E-state index is 0. The Morgan fingerprint density at radius 3 is 0.571 bits per heavy atom. The molecule has 0 atom stereocenters. The second-order valence-electron chi connectivity index (χ2n) is 0. The van der Waals surface area contributed by atoms with Crippen LogP contribution in [0.25, 0.3) is 0 Å². The molecule has 7 heteroatoms. The van der Waals surface area contributed by atoms with Crippen LogP contribution in [0, 0.1) is 0 Å². The molecule has 0 aromatic carbocycles. The average molecular weight is 269 g/mol. The van der Waals surface area contributed by atoms with Crippen molar-refractivity contribution in [3.63, 3.8) is 0 Å². The molecule has 0 amide bonds. The third-order valence-electron chi connectivity index (χ3n) is 0. The van der Waals surface area contributed by atoms with Gasteiger partial charge >= 0.3 is 23.9 Å². The first kappa shape index (κ1) is 377. The third-order valence-corrected chi connectivity index (χ3v) is 0. The van der Waals surface area contributed by atoms with Gasteiger partial charge in [0.15, 0.2) is 0 Å². The van der Waals surface area contributed by atoms with Crippen molar-refractivity contribution >= 4 is 47.3 Å². The monoisotopic (exact) mass is 270 g/mol. The van der Waals surface area contributed by atoms with Gasteiger partial charge in [-0.05, 0) is 11.0 Å². The van der Waals surface area contributed by atoms with Crippen LogP contribution in [0.3, 0.4) is 0 Å². The van der Waals surface area contributed by atoms with Crippen LogP contribution in [0.15, 0.2) is 0 Å². The predicted octanol–water partition coefficient (Wildman–Crippen LogP) is -1.34. The topological polar surface area (TPSA) is 0 Å². The summed E-state index contributed by atoms with van der Waals surface area (Å²) in [5.41, 5.74) is 0. The van der Waals surface area contributed by atoms with E-state index in [1.54, 1.807) is 0 Å². The van der Waals surface area contributed by atoms with E-state index >= 15 is 0 Å². The van der Waals surface area contributed by atoms with Crippen molar-refractivity contribution in [2.24, 2.45) is 0 Å². The Balaban J connectivity index is 0. The summed E-state index contributed by atoms with van der Waals surface area (Å²) in [4.78, 5) is 0. The van der Waals surface area contributed by atoms with Crippen LogP contribution in [0.1, 0.15) is 0 Å². The van der Waals surface area contributed by atoms with Gasteiger partial charge in [0.05, 0.1) is 0 Å². The second kappa shape index (κ2) is 243. The van der Waals surface area contributed by atoms with Crippen molar-refractivity contribution in [3.05, 3.63) is 0 Å². The summed E-state index contributed by atoms with van der Waals surface area (Å²) >= 11 is 0. The van der Waals surface area contributed by atoms with Crippen LogP contribution in [0.5, 0.6) is 0 Å². The third kappa shape index (κ3) is 169. The van der Waals surface area contributed by atoms with Gasteiger partial charge in [0.25, 0.3) is 0 Å². The molecule has 0 fully saturated rings. The van der Waals surface area contributed by atoms with E-state index in [2.05, 4.69) is 0 Å². The molecule has 0 nitrogen and oxygen atoms in total. The summed E-state index contributed by atoms with van der Waals surface area (Å²) in [5, 5.41) is 0. The maximum atomic E-state index is 0. The fourth-order valence-electron chi connectivity index (χ4n) is 0. The summed E-state index contributed by atoms with van der Waals surface area (Å²) in [5.74, 6) is 0. The summed E-state index contributed by atoms with van der Waals surface area (Å²) in [6.45, 7) is 0. The Labute approximate surface area is 66.3 Å². The maximum absolute atomic E-state index is 0. The van der Waals surface area contributed by atoms with E-state index in [0.29, 0.717) is 0 Å². The molecule has 7 heavy (non-hydrogen) atoms. The molecule has 0 aliphatic carbocycles. The molecule has 0 aromatic rings. The Morgan fingerprint density at radius 2 is 0.571 bits per heavy atom. The van der Waals surface area contributed by atoms with Crippen molar-refractivity contribution in [1.82, 2.24) is 0 Å². The van der Waals surface area contributed by atoms with Gasteiger partial charge in [-0.2, -0.15) is 0 Å². The van der Waals surface area contributed by atoms with Crippen LogP contribution in [-0.2, 0) is 0 Å². The molecule has 54 valence electrons. The minimum atomic E-state index is 0. The zero-order valence-electron chi connectivity index (χ0n) is 2.75. The molecule has 0 rings (SSSR count). The van der Waals surface area contributed by atoms with Gasteiger partial charge < -0.3 is 0 Å². The summed E-state index contributed by atoms with van der Waals surface area (Å²) in [6.07, 6.45) is 0. The standard InChI is InChI=1S/ClH.4FH.H4Si.Sn.2H/h5*1H;1H4;;;. The van der Waals surface area contributed by atoms with Crippen molar-refractivity contribution in [1.29, 1.82) is 0 Å². The zero-order chi connectivity index (χ0) is 0. The quantitative estimate of drug-likeness (QED) is 0.377. The molecule has 2 radical (unpaired) electrons. The average Bonchev–Trinajstić information content (AvgIpc) is 0. The number of halogens is 5. The fourth-order valence-corrected chi connectivity index (χ4v) is 0. The van der Waals surface area contributed by atoms with Gasteiger partial charge in [0, 0.05) is 0 Å². The summed E-state index contributed by atoms with van der Waals surface area (Å²) < 4.78 is 0. The second-order valence-corrected chi connectivity index (χ2v) is 0. The molecule has 0 N–H and O–H groups in total. The summed E-state index contributed by atoms with van der Waals surface area (Å²) in [6, 6.07) is 0. The number of rotatable bonds is 0. The van der Waals surface area contributed by atoms with Gasteiger partial charge in [-0.3, -0.25) is 18.8 Å². The van der Waals surface area contributed by atoms with Crippen LogP contribution in [0.4, 0.5) is 18.8 Å². The van der Waals surface area contributed by atoms with Gasteiger partial charge in [-0.25, -0.2) is 0 Å². The van der Waals surface area contributed by atoms with Crippen LogP contribution in [0.2, 0.25) is 0 Å². The zero-order valence-corrected chi connectivity index (χ0v) is 7.60. The molecule has 0 heterocycles. The molecule has 0 aromatic heterocycles. The van der Waals surface area contributed by atoms with E-state index in [9.17, 15) is 0 Å². The van der Waals surface area contributed by atoms with Gasteiger partial charge in [-0.15, -0.1) is 12.4 Å². The molecule has 0 bridgehead atoms. The van der Waals surface area contributed by atoms with E-state index in [-0.39, 0.29) is 66.1 Å². The SMILES string of the molecule is Cl.F.F.F.F.[SiH4].[SnH2]. The number of hydrogen-bond donors (Lipinski definition) is 0. The first-order valence-corrected chi connectivity index (χ1v) is 0. The van der Waals surface area contributed by atoms with E-state index in [1.807, 2.05) is 0 Å². The van der Waals surface area contributed by atoms with Crippen molar-refractivity contribution in [2.75, 3.05) is 0 Å². The van der Waals surface area contributed by atoms with Gasteiger partial charge in [0.1, 0.15) is 0 Å². The van der Waals surface area contributed by atoms with Gasteiger partial charge in [-0.1, -0.05) is 0 Å². The predicted molar refractivity (Wildman–Crippen MR) is 37.1 cm³/mol. The Bertz CT molecular complexity index is 11.7. The first-order chi connectivity index (χ1) is 0. The van der Waals surface area contributed by atoms with Gasteiger partial charge in [0.2, 0.25) is 0 Å². The van der Waals surface area contributed by atoms with Crippen molar-refractivity contribution < 1.29 is 18.8 Å². The molecular weight excluding hydrogens is 258 g/mol. The number of hydrogen-bond acceptors (Lipinski definition) is 0. The summed E-state index contributed by atoms with van der Waals surface area (Å²) in [7, 11) is 0. The van der Waals surface area contributed by atoms with Crippen molar-refractivity contribution in [3.8, 4) is 0 Å². The first-order valence-electron chi connectivity index (χ1n) is 0. The van der Waals surface area contributed by atoms with E-state index in [1.165, 1.54) is 0 Å². The molecule has 0 saturated carbocycles. The Morgan fingerprint density at radius 1 is 0.571 bits per heavy atom. The Kier molecular flexibility index (Phi) is 13000. The molecule has 0 unspecified atom stereocenters. The Hall–Kier alpha value is 1.03. The molecule has 0 aliphatic rings. The van der Waals surface area contributed by atoms with E-state index in [4.69, 9.17) is 0 Å².